The van der Waals surface area contributed by atoms with Crippen molar-refractivity contribution in [1.82, 2.24) is 5.32 Å². The molecule has 1 fully saturated rings. The topological polar surface area (TPSA) is 81.7 Å². The molecule has 200 valence electrons. The summed E-state index contributed by atoms with van der Waals surface area (Å²) >= 11 is 0. The minimum Gasteiger partial charge on any atom is -0.461 e. The molecule has 6 nitrogen and oxygen atoms in total. The summed E-state index contributed by atoms with van der Waals surface area (Å²) < 4.78 is 11.4. The molecule has 0 saturated carbocycles. The Labute approximate surface area is 213 Å². The third kappa shape index (κ3) is 13.6. The van der Waals surface area contributed by atoms with Gasteiger partial charge in [0.25, 0.3) is 0 Å². The zero-order valence-electron chi connectivity index (χ0n) is 22.4. The molecule has 0 aliphatic carbocycles. The van der Waals surface area contributed by atoms with Crippen LogP contribution in [0, 0.1) is 24.2 Å². The fraction of sp³-hybridized carbons (Fsp3) is 0.828. The van der Waals surface area contributed by atoms with Crippen LogP contribution in [-0.4, -0.2) is 36.6 Å². The molecule has 1 aliphatic heterocycles. The molecular formula is C29H49NO5. The van der Waals surface area contributed by atoms with Crippen molar-refractivity contribution >= 4 is 18.3 Å². The van der Waals surface area contributed by atoms with Gasteiger partial charge in [-0.05, 0) is 38.0 Å². The van der Waals surface area contributed by atoms with Gasteiger partial charge in [-0.25, -0.2) is 4.79 Å². The molecule has 0 radical (unpaired) electrons. The van der Waals surface area contributed by atoms with Crippen LogP contribution >= 0.6 is 0 Å². The standard InChI is InChI=1S/C29H49NO5/c1-5-7-9-11-12-13-14-15-16-18-24(34-29(33)26(30-22-31)20-23(3)4)21-27-25(28(32)35-27)19-17-10-8-6-2/h1,22-27H,6-21H2,2-4H3,(H,30,31)/t24-,25-,26-,27-/m0/s1. The SMILES string of the molecule is C#CCCCCCCCCC[C@@H](C[C@@H]1OC(=O)[C@H]1CCCCCC)OC(=O)[C@H](CC(C)C)NC=O. The van der Waals surface area contributed by atoms with Crippen molar-refractivity contribution in [2.75, 3.05) is 0 Å². The molecule has 6 heteroatoms. The molecule has 0 spiro atoms. The lowest BCUT2D eigenvalue weighted by Crippen LogP contribution is -2.48. The van der Waals surface area contributed by atoms with Gasteiger partial charge in [-0.2, -0.15) is 0 Å². The third-order valence-electron chi connectivity index (χ3n) is 6.77. The van der Waals surface area contributed by atoms with Crippen LogP contribution in [0.1, 0.15) is 124 Å². The molecule has 1 heterocycles. The molecule has 0 bridgehead atoms. The lowest BCUT2D eigenvalue weighted by Gasteiger charge is -2.37. The number of carbonyl (C=O) groups excluding carboxylic acids is 3. The van der Waals surface area contributed by atoms with Crippen molar-refractivity contribution in [3.63, 3.8) is 0 Å². The Morgan fingerprint density at radius 1 is 1.09 bits per heavy atom. The van der Waals surface area contributed by atoms with Crippen molar-refractivity contribution in [2.24, 2.45) is 11.8 Å². The summed E-state index contributed by atoms with van der Waals surface area (Å²) in [5, 5.41) is 2.61. The maximum atomic E-state index is 12.9. The summed E-state index contributed by atoms with van der Waals surface area (Å²) in [6, 6.07) is -0.646. The van der Waals surface area contributed by atoms with Gasteiger partial charge in [-0.3, -0.25) is 9.59 Å². The first-order valence-corrected chi connectivity index (χ1v) is 14.0. The zero-order valence-corrected chi connectivity index (χ0v) is 22.4. The number of rotatable bonds is 22. The number of amides is 1. The average molecular weight is 492 g/mol. The smallest absolute Gasteiger partial charge is 0.328 e. The van der Waals surface area contributed by atoms with Gasteiger partial charge < -0.3 is 14.8 Å². The number of ether oxygens (including phenoxy) is 2. The highest BCUT2D eigenvalue weighted by Gasteiger charge is 2.43. The van der Waals surface area contributed by atoms with Crippen LogP contribution < -0.4 is 5.32 Å². The van der Waals surface area contributed by atoms with Crippen LogP contribution in [-0.2, 0) is 23.9 Å². The van der Waals surface area contributed by atoms with Crippen LogP contribution in [0.2, 0.25) is 0 Å². The van der Waals surface area contributed by atoms with Crippen LogP contribution in [0.5, 0.6) is 0 Å². The second-order valence-electron chi connectivity index (χ2n) is 10.4. The second kappa shape index (κ2) is 19.2. The van der Waals surface area contributed by atoms with Crippen LogP contribution in [0.15, 0.2) is 0 Å². The summed E-state index contributed by atoms with van der Waals surface area (Å²) in [6.45, 7) is 6.19. The van der Waals surface area contributed by atoms with E-state index >= 15 is 0 Å². The number of terminal acetylenes is 1. The van der Waals surface area contributed by atoms with Crippen molar-refractivity contribution in [2.45, 2.75) is 142 Å². The number of hydrogen-bond donors (Lipinski definition) is 1. The van der Waals surface area contributed by atoms with E-state index in [2.05, 4.69) is 18.2 Å². The number of cyclic esters (lactones) is 1. The zero-order chi connectivity index (χ0) is 25.9. The Kier molecular flexibility index (Phi) is 17.0. The van der Waals surface area contributed by atoms with Crippen LogP contribution in [0.4, 0.5) is 0 Å². The van der Waals surface area contributed by atoms with Gasteiger partial charge in [0.1, 0.15) is 18.2 Å². The number of carbonyl (C=O) groups is 3. The monoisotopic (exact) mass is 491 g/mol. The lowest BCUT2D eigenvalue weighted by atomic mass is 9.86. The molecule has 1 aliphatic rings. The van der Waals surface area contributed by atoms with Crippen molar-refractivity contribution in [3.05, 3.63) is 0 Å². The number of nitrogens with one attached hydrogen (secondary N) is 1. The molecule has 1 N–H and O–H groups in total. The predicted octanol–water partition coefficient (Wildman–Crippen LogP) is 6.11. The fourth-order valence-corrected chi connectivity index (χ4v) is 4.70. The van der Waals surface area contributed by atoms with E-state index in [-0.39, 0.29) is 30.0 Å². The predicted molar refractivity (Wildman–Crippen MR) is 139 cm³/mol. The van der Waals surface area contributed by atoms with Crippen molar-refractivity contribution < 1.29 is 23.9 Å². The summed E-state index contributed by atoms with van der Waals surface area (Å²) in [7, 11) is 0. The molecule has 0 aromatic carbocycles. The van der Waals surface area contributed by atoms with Gasteiger partial charge in [-0.15, -0.1) is 12.3 Å². The molecular weight excluding hydrogens is 442 g/mol. The highest BCUT2D eigenvalue weighted by atomic mass is 16.6. The highest BCUT2D eigenvalue weighted by molar-refractivity contribution is 5.79. The molecule has 1 rings (SSSR count). The van der Waals surface area contributed by atoms with E-state index in [1.165, 1.54) is 25.7 Å². The molecule has 4 atom stereocenters. The second-order valence-corrected chi connectivity index (χ2v) is 10.4. The average Bonchev–Trinajstić information content (AvgIpc) is 2.81. The number of esters is 2. The Morgan fingerprint density at radius 2 is 1.74 bits per heavy atom. The largest absolute Gasteiger partial charge is 0.461 e. The van der Waals surface area contributed by atoms with Gasteiger partial charge in [-0.1, -0.05) is 78.6 Å². The van der Waals surface area contributed by atoms with E-state index in [0.29, 0.717) is 19.3 Å². The normalized spacial score (nSPS) is 18.8. The van der Waals surface area contributed by atoms with Crippen molar-refractivity contribution in [3.8, 4) is 12.3 Å². The first-order valence-electron chi connectivity index (χ1n) is 14.0. The van der Waals surface area contributed by atoms with E-state index in [4.69, 9.17) is 15.9 Å². The maximum absolute atomic E-state index is 12.9. The van der Waals surface area contributed by atoms with E-state index in [9.17, 15) is 14.4 Å². The summed E-state index contributed by atoms with van der Waals surface area (Å²) in [6.07, 6.45) is 21.2. The number of hydrogen-bond acceptors (Lipinski definition) is 5. The fourth-order valence-electron chi connectivity index (χ4n) is 4.70. The van der Waals surface area contributed by atoms with Gasteiger partial charge in [0.05, 0.1) is 5.92 Å². The number of unbranched alkanes of at least 4 members (excludes halogenated alkanes) is 10. The van der Waals surface area contributed by atoms with E-state index in [1.807, 2.05) is 13.8 Å². The summed E-state index contributed by atoms with van der Waals surface area (Å²) in [5.41, 5.74) is 0. The third-order valence-corrected chi connectivity index (χ3v) is 6.77. The molecule has 0 aromatic heterocycles. The van der Waals surface area contributed by atoms with E-state index < -0.39 is 12.0 Å². The van der Waals surface area contributed by atoms with Gasteiger partial charge in [0.15, 0.2) is 0 Å². The van der Waals surface area contributed by atoms with Crippen molar-refractivity contribution in [1.29, 1.82) is 0 Å². The van der Waals surface area contributed by atoms with Crippen LogP contribution in [0.3, 0.4) is 0 Å². The first kappa shape index (κ1) is 31.0. The lowest BCUT2D eigenvalue weighted by molar-refractivity contribution is -0.190. The molecule has 0 unspecified atom stereocenters. The molecule has 1 amide bonds. The van der Waals surface area contributed by atoms with E-state index in [0.717, 1.165) is 64.2 Å². The minimum atomic E-state index is -0.646. The van der Waals surface area contributed by atoms with E-state index in [1.54, 1.807) is 0 Å². The highest BCUT2D eigenvalue weighted by Crippen LogP contribution is 2.32. The Hall–Kier alpha value is -2.03. The van der Waals surface area contributed by atoms with Crippen LogP contribution in [0.25, 0.3) is 0 Å². The minimum absolute atomic E-state index is 0.0874. The van der Waals surface area contributed by atoms with Gasteiger partial charge in [0, 0.05) is 12.8 Å². The Morgan fingerprint density at radius 3 is 2.34 bits per heavy atom. The molecule has 35 heavy (non-hydrogen) atoms. The summed E-state index contributed by atoms with van der Waals surface area (Å²) in [5.74, 6) is 2.33. The van der Waals surface area contributed by atoms with Gasteiger partial charge >= 0.3 is 11.9 Å². The Balaban J connectivity index is 2.59. The maximum Gasteiger partial charge on any atom is 0.328 e. The first-order chi connectivity index (χ1) is 16.9. The van der Waals surface area contributed by atoms with Gasteiger partial charge in [0.2, 0.25) is 6.41 Å². The molecule has 1 saturated heterocycles. The Bertz CT molecular complexity index is 641. The summed E-state index contributed by atoms with van der Waals surface area (Å²) in [4.78, 5) is 35.9. The molecule has 0 aromatic rings. The quantitative estimate of drug-likeness (QED) is 0.0856.